The Balaban J connectivity index is 1.36. The standard InChI is InChI=1S/C28H28N6O4/c1-2-22-21(12-7-13-29-22)23(15-26(36)37)33-25(35)17-30-27(38)19-10-6-11-20(14-19)32-28-31-16-24(34-28)18-8-4-3-5-9-18/h3-14,16,23H,2,15,17H2,1H3,(H,30,38)(H,33,35)(H,36,37)(H2,31,32,34). The summed E-state index contributed by atoms with van der Waals surface area (Å²) in [5.74, 6) is -1.48. The highest BCUT2D eigenvalue weighted by atomic mass is 16.4. The molecule has 5 N–H and O–H groups in total. The summed E-state index contributed by atoms with van der Waals surface area (Å²) in [5.41, 5.74) is 4.19. The van der Waals surface area contributed by atoms with Crippen molar-refractivity contribution < 1.29 is 19.5 Å². The molecule has 4 aromatic rings. The normalized spacial score (nSPS) is 11.4. The Morgan fingerprint density at radius 3 is 2.58 bits per heavy atom. The molecule has 0 saturated carbocycles. The molecule has 2 heterocycles. The summed E-state index contributed by atoms with van der Waals surface area (Å²) in [5, 5.41) is 17.8. The SMILES string of the molecule is CCc1ncccc1C(CC(=O)O)NC(=O)CNC(=O)c1cccc(Nc2ncc(-c3ccccc3)[nH]2)c1. The van der Waals surface area contributed by atoms with E-state index >= 15 is 0 Å². The van der Waals surface area contributed by atoms with Gasteiger partial charge < -0.3 is 26.0 Å². The summed E-state index contributed by atoms with van der Waals surface area (Å²) in [4.78, 5) is 48.5. The van der Waals surface area contributed by atoms with Crippen LogP contribution in [0, 0.1) is 0 Å². The van der Waals surface area contributed by atoms with Crippen LogP contribution in [0.1, 0.15) is 41.0 Å². The van der Waals surface area contributed by atoms with Crippen LogP contribution in [0.2, 0.25) is 0 Å². The molecule has 2 aromatic heterocycles. The van der Waals surface area contributed by atoms with Crippen molar-refractivity contribution in [1.82, 2.24) is 25.6 Å². The molecule has 0 aliphatic carbocycles. The highest BCUT2D eigenvalue weighted by Gasteiger charge is 2.21. The number of aliphatic carboxylic acids is 1. The molecule has 1 unspecified atom stereocenters. The molecule has 10 heteroatoms. The van der Waals surface area contributed by atoms with E-state index in [4.69, 9.17) is 0 Å². The Bertz CT molecular complexity index is 1420. The molecule has 0 aliphatic rings. The quantitative estimate of drug-likeness (QED) is 0.205. The van der Waals surface area contributed by atoms with E-state index in [1.54, 1.807) is 48.8 Å². The third kappa shape index (κ3) is 6.82. The number of imidazole rings is 1. The van der Waals surface area contributed by atoms with Crippen molar-refractivity contribution in [3.63, 3.8) is 0 Å². The van der Waals surface area contributed by atoms with Crippen molar-refractivity contribution in [2.24, 2.45) is 0 Å². The first kappa shape index (κ1) is 26.1. The number of nitrogens with zero attached hydrogens (tertiary/aromatic N) is 2. The number of hydrogen-bond acceptors (Lipinski definition) is 6. The monoisotopic (exact) mass is 512 g/mol. The van der Waals surface area contributed by atoms with Gasteiger partial charge in [0.15, 0.2) is 0 Å². The van der Waals surface area contributed by atoms with E-state index in [1.165, 1.54) is 0 Å². The number of aryl methyl sites for hydroxylation is 1. The lowest BCUT2D eigenvalue weighted by atomic mass is 10.0. The zero-order chi connectivity index (χ0) is 26.9. The maximum atomic E-state index is 12.7. The number of nitrogens with one attached hydrogen (secondary N) is 4. The van der Waals surface area contributed by atoms with Gasteiger partial charge in [0, 0.05) is 23.1 Å². The van der Waals surface area contributed by atoms with Crippen molar-refractivity contribution in [1.29, 1.82) is 0 Å². The Labute approximate surface area is 219 Å². The Morgan fingerprint density at radius 2 is 1.82 bits per heavy atom. The van der Waals surface area contributed by atoms with Gasteiger partial charge in [-0.2, -0.15) is 0 Å². The maximum absolute atomic E-state index is 12.7. The molecule has 1 atom stereocenters. The number of hydrogen-bond donors (Lipinski definition) is 5. The number of amides is 2. The molecule has 38 heavy (non-hydrogen) atoms. The smallest absolute Gasteiger partial charge is 0.305 e. The minimum absolute atomic E-state index is 0.301. The lowest BCUT2D eigenvalue weighted by molar-refractivity contribution is -0.137. The number of carbonyl (C=O) groups excluding carboxylic acids is 2. The van der Waals surface area contributed by atoms with E-state index in [0.717, 1.165) is 11.3 Å². The van der Waals surface area contributed by atoms with Gasteiger partial charge in [-0.05, 0) is 41.8 Å². The molecule has 2 amide bonds. The van der Waals surface area contributed by atoms with Gasteiger partial charge in [0.25, 0.3) is 5.91 Å². The number of benzene rings is 2. The molecule has 4 rings (SSSR count). The molecule has 0 radical (unpaired) electrons. The molecule has 194 valence electrons. The van der Waals surface area contributed by atoms with Crippen molar-refractivity contribution in [3.8, 4) is 11.3 Å². The van der Waals surface area contributed by atoms with Crippen LogP contribution in [0.25, 0.3) is 11.3 Å². The van der Waals surface area contributed by atoms with Gasteiger partial charge in [0.2, 0.25) is 11.9 Å². The number of H-pyrrole nitrogens is 1. The van der Waals surface area contributed by atoms with E-state index in [2.05, 4.69) is 30.9 Å². The first-order chi connectivity index (χ1) is 18.4. The third-order valence-electron chi connectivity index (χ3n) is 5.81. The Hall–Kier alpha value is -4.99. The van der Waals surface area contributed by atoms with Gasteiger partial charge in [0.05, 0.1) is 30.9 Å². The van der Waals surface area contributed by atoms with Crippen molar-refractivity contribution in [2.45, 2.75) is 25.8 Å². The molecular formula is C28H28N6O4. The van der Waals surface area contributed by atoms with Crippen LogP contribution < -0.4 is 16.0 Å². The summed E-state index contributed by atoms with van der Waals surface area (Å²) in [6.07, 6.45) is 3.64. The van der Waals surface area contributed by atoms with E-state index in [1.807, 2.05) is 37.3 Å². The minimum atomic E-state index is -1.05. The van der Waals surface area contributed by atoms with Gasteiger partial charge in [-0.1, -0.05) is 49.4 Å². The fraction of sp³-hybridized carbons (Fsp3) is 0.179. The van der Waals surface area contributed by atoms with E-state index < -0.39 is 23.8 Å². The number of aromatic amines is 1. The second-order valence-corrected chi connectivity index (χ2v) is 8.51. The molecule has 10 nitrogen and oxygen atoms in total. The number of rotatable bonds is 11. The third-order valence-corrected chi connectivity index (χ3v) is 5.81. The van der Waals surface area contributed by atoms with E-state index in [0.29, 0.717) is 34.9 Å². The number of pyridine rings is 1. The second kappa shape index (κ2) is 12.3. The van der Waals surface area contributed by atoms with Crippen LogP contribution in [-0.4, -0.2) is 44.4 Å². The predicted octanol–water partition coefficient (Wildman–Crippen LogP) is 3.84. The van der Waals surface area contributed by atoms with Crippen molar-refractivity contribution in [2.75, 3.05) is 11.9 Å². The molecule has 0 saturated heterocycles. The molecule has 0 aliphatic heterocycles. The van der Waals surface area contributed by atoms with Crippen LogP contribution in [0.3, 0.4) is 0 Å². The van der Waals surface area contributed by atoms with Crippen LogP contribution in [0.5, 0.6) is 0 Å². The summed E-state index contributed by atoms with van der Waals surface area (Å²) in [7, 11) is 0. The average Bonchev–Trinajstić information content (AvgIpc) is 3.40. The fourth-order valence-corrected chi connectivity index (χ4v) is 4.01. The zero-order valence-electron chi connectivity index (χ0n) is 20.8. The Kier molecular flexibility index (Phi) is 8.45. The van der Waals surface area contributed by atoms with Gasteiger partial charge in [-0.25, -0.2) is 4.98 Å². The van der Waals surface area contributed by atoms with E-state index in [-0.39, 0.29) is 13.0 Å². The van der Waals surface area contributed by atoms with Gasteiger partial charge in [-0.15, -0.1) is 0 Å². The van der Waals surface area contributed by atoms with Crippen LogP contribution in [-0.2, 0) is 16.0 Å². The van der Waals surface area contributed by atoms with Gasteiger partial charge in [0.1, 0.15) is 0 Å². The molecule has 0 fully saturated rings. The second-order valence-electron chi connectivity index (χ2n) is 8.51. The first-order valence-corrected chi connectivity index (χ1v) is 12.1. The maximum Gasteiger partial charge on any atom is 0.305 e. The van der Waals surface area contributed by atoms with Crippen LogP contribution in [0.15, 0.2) is 79.1 Å². The van der Waals surface area contributed by atoms with Crippen LogP contribution >= 0.6 is 0 Å². The molecular weight excluding hydrogens is 484 g/mol. The largest absolute Gasteiger partial charge is 0.481 e. The highest BCUT2D eigenvalue weighted by Crippen LogP contribution is 2.22. The topological polar surface area (TPSA) is 149 Å². The summed E-state index contributed by atoms with van der Waals surface area (Å²) in [6, 6.07) is 19.3. The molecule has 0 bridgehead atoms. The predicted molar refractivity (Wildman–Crippen MR) is 143 cm³/mol. The lowest BCUT2D eigenvalue weighted by Crippen LogP contribution is -2.39. The van der Waals surface area contributed by atoms with Gasteiger partial charge in [-0.3, -0.25) is 19.4 Å². The average molecular weight is 513 g/mol. The zero-order valence-corrected chi connectivity index (χ0v) is 20.8. The number of carbonyl (C=O) groups is 3. The summed E-state index contributed by atoms with van der Waals surface area (Å²) < 4.78 is 0. The fourth-order valence-electron chi connectivity index (χ4n) is 4.01. The molecule has 2 aromatic carbocycles. The van der Waals surface area contributed by atoms with Crippen molar-refractivity contribution >= 4 is 29.4 Å². The van der Waals surface area contributed by atoms with Gasteiger partial charge >= 0.3 is 5.97 Å². The highest BCUT2D eigenvalue weighted by molar-refractivity contribution is 5.97. The summed E-state index contributed by atoms with van der Waals surface area (Å²) in [6.45, 7) is 1.59. The number of carboxylic acid groups (broad SMARTS) is 1. The number of carboxylic acids is 1. The molecule has 0 spiro atoms. The first-order valence-electron chi connectivity index (χ1n) is 12.1. The Morgan fingerprint density at radius 1 is 1.00 bits per heavy atom. The van der Waals surface area contributed by atoms with Crippen LogP contribution in [0.4, 0.5) is 11.6 Å². The number of anilines is 2. The van der Waals surface area contributed by atoms with E-state index in [9.17, 15) is 19.5 Å². The lowest BCUT2D eigenvalue weighted by Gasteiger charge is -2.19. The van der Waals surface area contributed by atoms with Crippen molar-refractivity contribution in [3.05, 3.63) is 95.9 Å². The number of aromatic nitrogens is 3. The summed E-state index contributed by atoms with van der Waals surface area (Å²) >= 11 is 0. The minimum Gasteiger partial charge on any atom is -0.481 e.